The minimum Gasteiger partial charge on any atom is -0.443 e. The average molecular weight is 498 g/mol. The summed E-state index contributed by atoms with van der Waals surface area (Å²) in [5.74, 6) is -0.759. The number of anilines is 3. The molecule has 11 heteroatoms. The van der Waals surface area contributed by atoms with E-state index in [0.29, 0.717) is 49.0 Å². The van der Waals surface area contributed by atoms with Gasteiger partial charge in [0.2, 0.25) is 0 Å². The molecule has 3 saturated heterocycles. The highest BCUT2D eigenvalue weighted by Crippen LogP contribution is 2.30. The van der Waals surface area contributed by atoms with Crippen LogP contribution in [0.1, 0.15) is 5.56 Å². The second-order valence-corrected chi connectivity index (χ2v) is 9.42. The molecule has 35 heavy (non-hydrogen) atoms. The smallest absolute Gasteiger partial charge is 0.414 e. The van der Waals surface area contributed by atoms with Gasteiger partial charge < -0.3 is 20.3 Å². The molecule has 0 spiro atoms. The van der Waals surface area contributed by atoms with Crippen molar-refractivity contribution in [3.63, 3.8) is 0 Å². The molecule has 3 heterocycles. The van der Waals surface area contributed by atoms with Gasteiger partial charge in [-0.3, -0.25) is 19.8 Å². The maximum atomic E-state index is 15.0. The van der Waals surface area contributed by atoms with E-state index >= 15 is 0 Å². The number of amides is 3. The van der Waals surface area contributed by atoms with Crippen molar-refractivity contribution in [2.45, 2.75) is 6.10 Å². The molecule has 2 aromatic rings. The fourth-order valence-electron chi connectivity index (χ4n) is 4.33. The van der Waals surface area contributed by atoms with Crippen LogP contribution in [0.4, 0.5) is 31.0 Å². The third-order valence-electron chi connectivity index (χ3n) is 6.20. The van der Waals surface area contributed by atoms with Gasteiger partial charge in [0, 0.05) is 38.4 Å². The molecule has 1 unspecified atom stereocenters. The molecule has 0 saturated carbocycles. The highest BCUT2D eigenvalue weighted by Gasteiger charge is 2.32. The lowest BCUT2D eigenvalue weighted by Gasteiger charge is -2.37. The van der Waals surface area contributed by atoms with Crippen molar-refractivity contribution in [2.24, 2.45) is 5.73 Å². The summed E-state index contributed by atoms with van der Waals surface area (Å²) in [5.41, 5.74) is 8.40. The standard InChI is InChI=1S/C24H24FN5O4S/c25-19-12-17(30-14-18(13-26)34-24(30)33)5-6-20(19)29-9-7-28(8-10-29)16-3-1-15(2-4-16)11-21-22(31)27-23(32)35-21/h1-6,11-12,18H,7-10,13-14,26H2,(H,27,31,32)/b21-11-. The molecule has 0 bridgehead atoms. The van der Waals surface area contributed by atoms with Crippen molar-refractivity contribution in [3.05, 3.63) is 58.8 Å². The Morgan fingerprint density at radius 2 is 1.71 bits per heavy atom. The van der Waals surface area contributed by atoms with E-state index in [1.54, 1.807) is 18.2 Å². The molecule has 3 fully saturated rings. The number of halogens is 1. The first kappa shape index (κ1) is 23.2. The van der Waals surface area contributed by atoms with Gasteiger partial charge in [0.25, 0.3) is 11.1 Å². The van der Waals surface area contributed by atoms with Gasteiger partial charge in [-0.05, 0) is 53.7 Å². The van der Waals surface area contributed by atoms with Gasteiger partial charge in [-0.2, -0.15) is 0 Å². The number of piperazine rings is 1. The molecule has 0 aliphatic carbocycles. The van der Waals surface area contributed by atoms with Crippen LogP contribution in [-0.4, -0.2) is 62.6 Å². The molecule has 0 radical (unpaired) electrons. The maximum absolute atomic E-state index is 15.0. The number of benzene rings is 2. The lowest BCUT2D eigenvalue weighted by molar-refractivity contribution is -0.115. The Kier molecular flexibility index (Phi) is 6.35. The van der Waals surface area contributed by atoms with Gasteiger partial charge in [0.05, 0.1) is 22.8 Å². The van der Waals surface area contributed by atoms with Crippen LogP contribution in [0.3, 0.4) is 0 Å². The first-order chi connectivity index (χ1) is 16.9. The number of thioether (sulfide) groups is 1. The average Bonchev–Trinajstić information content (AvgIpc) is 3.40. The molecule has 3 amide bonds. The number of carbonyl (C=O) groups is 3. The predicted octanol–water partition coefficient (Wildman–Crippen LogP) is 2.76. The summed E-state index contributed by atoms with van der Waals surface area (Å²) in [6.07, 6.45) is 0.799. The van der Waals surface area contributed by atoms with Crippen LogP contribution in [0.5, 0.6) is 0 Å². The third-order valence-corrected chi connectivity index (χ3v) is 7.01. The molecule has 9 nitrogen and oxygen atoms in total. The summed E-state index contributed by atoms with van der Waals surface area (Å²) in [6.45, 7) is 3.25. The summed E-state index contributed by atoms with van der Waals surface area (Å²) < 4.78 is 20.1. The number of nitrogens with zero attached hydrogens (tertiary/aromatic N) is 3. The van der Waals surface area contributed by atoms with Crippen LogP contribution >= 0.6 is 11.8 Å². The highest BCUT2D eigenvalue weighted by atomic mass is 32.2. The Labute approximate surface area is 205 Å². The number of nitrogens with two attached hydrogens (primary N) is 1. The Balaban J connectivity index is 1.20. The van der Waals surface area contributed by atoms with E-state index in [1.165, 1.54) is 11.0 Å². The van der Waals surface area contributed by atoms with Crippen LogP contribution in [-0.2, 0) is 9.53 Å². The number of hydrogen-bond acceptors (Lipinski definition) is 8. The van der Waals surface area contributed by atoms with E-state index in [-0.39, 0.29) is 29.6 Å². The quantitative estimate of drug-likeness (QED) is 0.608. The zero-order valence-corrected chi connectivity index (χ0v) is 19.6. The first-order valence-electron chi connectivity index (χ1n) is 11.2. The van der Waals surface area contributed by atoms with E-state index in [0.717, 1.165) is 23.0 Å². The fraction of sp³-hybridized carbons (Fsp3) is 0.292. The van der Waals surface area contributed by atoms with E-state index < -0.39 is 6.09 Å². The number of cyclic esters (lactones) is 1. The molecular formula is C24H24FN5O4S. The van der Waals surface area contributed by atoms with Crippen molar-refractivity contribution in [3.8, 4) is 0 Å². The Bertz CT molecular complexity index is 1200. The Morgan fingerprint density at radius 3 is 2.31 bits per heavy atom. The Morgan fingerprint density at radius 1 is 1.03 bits per heavy atom. The van der Waals surface area contributed by atoms with Gasteiger partial charge in [0.1, 0.15) is 11.9 Å². The summed E-state index contributed by atoms with van der Waals surface area (Å²) in [4.78, 5) is 41.0. The zero-order valence-electron chi connectivity index (χ0n) is 18.8. The number of imide groups is 1. The first-order valence-corrected chi connectivity index (χ1v) is 12.1. The minimum atomic E-state index is -0.512. The molecular weight excluding hydrogens is 473 g/mol. The Hall–Kier alpha value is -3.57. The molecule has 3 N–H and O–H groups in total. The number of carbonyl (C=O) groups excluding carboxylic acids is 3. The van der Waals surface area contributed by atoms with Crippen molar-refractivity contribution in [1.82, 2.24) is 5.32 Å². The maximum Gasteiger partial charge on any atom is 0.414 e. The van der Waals surface area contributed by atoms with Crippen molar-refractivity contribution in [1.29, 1.82) is 0 Å². The number of hydrogen-bond donors (Lipinski definition) is 2. The van der Waals surface area contributed by atoms with Gasteiger partial charge in [-0.25, -0.2) is 9.18 Å². The van der Waals surface area contributed by atoms with Crippen LogP contribution in [0.2, 0.25) is 0 Å². The minimum absolute atomic E-state index is 0.227. The van der Waals surface area contributed by atoms with Gasteiger partial charge >= 0.3 is 6.09 Å². The van der Waals surface area contributed by atoms with Crippen LogP contribution in [0.25, 0.3) is 6.08 Å². The predicted molar refractivity (Wildman–Crippen MR) is 133 cm³/mol. The summed E-state index contributed by atoms with van der Waals surface area (Å²) in [7, 11) is 0. The number of rotatable bonds is 5. The van der Waals surface area contributed by atoms with E-state index in [4.69, 9.17) is 10.5 Å². The van der Waals surface area contributed by atoms with Gasteiger partial charge in [0.15, 0.2) is 0 Å². The summed E-state index contributed by atoms with van der Waals surface area (Å²) in [5, 5.41) is 1.88. The van der Waals surface area contributed by atoms with Crippen LogP contribution < -0.4 is 25.8 Å². The molecule has 5 rings (SSSR count). The van der Waals surface area contributed by atoms with Crippen LogP contribution in [0.15, 0.2) is 47.4 Å². The normalized spacial score (nSPS) is 21.7. The molecule has 182 valence electrons. The second-order valence-electron chi connectivity index (χ2n) is 8.41. The van der Waals surface area contributed by atoms with Gasteiger partial charge in [-0.15, -0.1) is 0 Å². The topological polar surface area (TPSA) is 108 Å². The molecule has 0 aromatic heterocycles. The van der Waals surface area contributed by atoms with Crippen molar-refractivity contribution in [2.75, 3.05) is 54.0 Å². The van der Waals surface area contributed by atoms with Crippen molar-refractivity contribution < 1.29 is 23.5 Å². The second kappa shape index (κ2) is 9.59. The molecule has 3 aliphatic rings. The molecule has 1 atom stereocenters. The number of ether oxygens (including phenoxy) is 1. The van der Waals surface area contributed by atoms with E-state index in [1.807, 2.05) is 29.2 Å². The highest BCUT2D eigenvalue weighted by molar-refractivity contribution is 8.18. The lowest BCUT2D eigenvalue weighted by atomic mass is 10.1. The monoisotopic (exact) mass is 497 g/mol. The lowest BCUT2D eigenvalue weighted by Crippen LogP contribution is -2.46. The van der Waals surface area contributed by atoms with Gasteiger partial charge in [-0.1, -0.05) is 12.1 Å². The fourth-order valence-corrected chi connectivity index (χ4v) is 5.02. The SMILES string of the molecule is NCC1CN(c2ccc(N3CCN(c4ccc(/C=C5\SC(=O)NC5=O)cc4)CC3)c(F)c2)C(=O)O1. The van der Waals surface area contributed by atoms with Crippen LogP contribution in [0, 0.1) is 5.82 Å². The number of nitrogens with one attached hydrogen (secondary N) is 1. The third kappa shape index (κ3) is 4.82. The molecule has 3 aliphatic heterocycles. The summed E-state index contributed by atoms with van der Waals surface area (Å²) in [6, 6.07) is 12.6. The zero-order chi connectivity index (χ0) is 24.5. The van der Waals surface area contributed by atoms with E-state index in [2.05, 4.69) is 10.2 Å². The largest absolute Gasteiger partial charge is 0.443 e. The van der Waals surface area contributed by atoms with E-state index in [9.17, 15) is 18.8 Å². The molecule has 2 aromatic carbocycles. The summed E-state index contributed by atoms with van der Waals surface area (Å²) >= 11 is 0.894. The van der Waals surface area contributed by atoms with Crippen molar-refractivity contribution >= 4 is 52.1 Å².